The fourth-order valence-corrected chi connectivity index (χ4v) is 3.14. The number of nitrogens with zero attached hydrogens (tertiary/aromatic N) is 7. The van der Waals surface area contributed by atoms with Crippen LogP contribution in [0.2, 0.25) is 5.15 Å². The number of hydrogen-bond donors (Lipinski definition) is 2. The highest BCUT2D eigenvalue weighted by Crippen LogP contribution is 2.29. The van der Waals surface area contributed by atoms with Crippen LogP contribution in [0.25, 0.3) is 16.9 Å². The van der Waals surface area contributed by atoms with Gasteiger partial charge in [0.05, 0.1) is 17.9 Å². The smallest absolute Gasteiger partial charge is 0.171 e. The molecule has 0 saturated heterocycles. The summed E-state index contributed by atoms with van der Waals surface area (Å²) < 4.78 is 2.13. The van der Waals surface area contributed by atoms with Gasteiger partial charge in [0.2, 0.25) is 0 Å². The van der Waals surface area contributed by atoms with Crippen LogP contribution < -0.4 is 11.2 Å². The summed E-state index contributed by atoms with van der Waals surface area (Å²) in [6, 6.07) is 12.9. The van der Waals surface area contributed by atoms with Gasteiger partial charge in [-0.15, -0.1) is 0 Å². The van der Waals surface area contributed by atoms with Crippen molar-refractivity contribution >= 4 is 23.1 Å². The van der Waals surface area contributed by atoms with Crippen LogP contribution in [0.1, 0.15) is 24.1 Å². The van der Waals surface area contributed by atoms with Gasteiger partial charge in [-0.3, -0.25) is 4.99 Å². The van der Waals surface area contributed by atoms with Gasteiger partial charge in [-0.2, -0.15) is 15.1 Å². The molecule has 29 heavy (non-hydrogen) atoms. The molecule has 3 heterocycles. The largest absolute Gasteiger partial charge is 0.425 e. The molecule has 0 fully saturated rings. The second-order valence-electron chi connectivity index (χ2n) is 6.26. The summed E-state index contributed by atoms with van der Waals surface area (Å²) in [5.74, 6) is -0.134. The Morgan fingerprint density at radius 1 is 1.28 bits per heavy atom. The molecular formula is C19H15ClN8O. The predicted octanol–water partition coefficient (Wildman–Crippen LogP) is 2.60. The van der Waals surface area contributed by atoms with Crippen molar-refractivity contribution in [2.45, 2.75) is 13.0 Å². The lowest BCUT2D eigenvalue weighted by Gasteiger charge is -2.13. The molecule has 0 radical (unpaired) electrons. The van der Waals surface area contributed by atoms with Gasteiger partial charge in [0.25, 0.3) is 0 Å². The predicted molar refractivity (Wildman–Crippen MR) is 106 cm³/mol. The molecule has 0 spiro atoms. The van der Waals surface area contributed by atoms with E-state index in [1.165, 1.54) is 6.20 Å². The molecule has 4 aromatic rings. The molecule has 1 atom stereocenters. The van der Waals surface area contributed by atoms with Crippen LogP contribution >= 0.6 is 11.6 Å². The van der Waals surface area contributed by atoms with Crippen LogP contribution in [0.15, 0.2) is 53.9 Å². The SMILES string of the molecule is CC(N=c1ncn(O)c(N)c1C#N)c1cc2ncc(Cl)n2nc1-c1ccccc1. The van der Waals surface area contributed by atoms with Crippen LogP contribution in [-0.4, -0.2) is 29.5 Å². The second kappa shape index (κ2) is 7.26. The first-order chi connectivity index (χ1) is 14.0. The lowest BCUT2D eigenvalue weighted by molar-refractivity contribution is 0.186. The van der Waals surface area contributed by atoms with Gasteiger partial charge in [-0.25, -0.2) is 14.5 Å². The molecule has 3 aromatic heterocycles. The number of nitrogens with two attached hydrogens (primary N) is 1. The third kappa shape index (κ3) is 3.26. The molecule has 0 aliphatic rings. The maximum atomic E-state index is 9.62. The van der Waals surface area contributed by atoms with Gasteiger partial charge >= 0.3 is 0 Å². The molecule has 9 nitrogen and oxygen atoms in total. The highest BCUT2D eigenvalue weighted by Gasteiger charge is 2.17. The first-order valence-corrected chi connectivity index (χ1v) is 8.97. The molecule has 0 aliphatic carbocycles. The zero-order valence-corrected chi connectivity index (χ0v) is 16.0. The van der Waals surface area contributed by atoms with Crippen molar-refractivity contribution in [3.63, 3.8) is 0 Å². The highest BCUT2D eigenvalue weighted by atomic mass is 35.5. The van der Waals surface area contributed by atoms with E-state index in [0.717, 1.165) is 17.5 Å². The summed E-state index contributed by atoms with van der Waals surface area (Å²) in [6.07, 6.45) is 2.62. The van der Waals surface area contributed by atoms with Crippen LogP contribution in [-0.2, 0) is 0 Å². The van der Waals surface area contributed by atoms with Crippen molar-refractivity contribution in [3.8, 4) is 17.3 Å². The summed E-state index contributed by atoms with van der Waals surface area (Å²) in [5.41, 5.74) is 8.77. The van der Waals surface area contributed by atoms with E-state index in [1.54, 1.807) is 4.52 Å². The standard InChI is InChI=1S/C19H15ClN8O/c1-11(25-19-14(8-21)18(22)27(29)10-24-19)13-7-16-23-9-15(20)28(16)26-17(13)12-5-3-2-4-6-12/h2-7,9-11,29H,22H2,1H3. The van der Waals surface area contributed by atoms with E-state index in [4.69, 9.17) is 17.3 Å². The number of hydrogen-bond acceptors (Lipinski definition) is 7. The Morgan fingerprint density at radius 3 is 2.76 bits per heavy atom. The zero-order chi connectivity index (χ0) is 20.5. The Hall–Kier alpha value is -3.90. The topological polar surface area (TPSA) is 130 Å². The molecular weight excluding hydrogens is 392 g/mol. The molecule has 10 heteroatoms. The van der Waals surface area contributed by atoms with Crippen molar-refractivity contribution < 1.29 is 5.21 Å². The molecule has 0 amide bonds. The highest BCUT2D eigenvalue weighted by molar-refractivity contribution is 6.29. The quantitative estimate of drug-likeness (QED) is 0.503. The summed E-state index contributed by atoms with van der Waals surface area (Å²) in [6.45, 7) is 1.85. The van der Waals surface area contributed by atoms with Gasteiger partial charge in [-0.1, -0.05) is 41.9 Å². The number of anilines is 1. The third-order valence-electron chi connectivity index (χ3n) is 4.42. The van der Waals surface area contributed by atoms with Crippen molar-refractivity contribution in [1.29, 1.82) is 5.26 Å². The van der Waals surface area contributed by atoms with E-state index in [9.17, 15) is 10.5 Å². The van der Waals surface area contributed by atoms with E-state index in [-0.39, 0.29) is 16.9 Å². The average Bonchev–Trinajstić information content (AvgIpc) is 3.10. The lowest BCUT2D eigenvalue weighted by Crippen LogP contribution is -2.21. The van der Waals surface area contributed by atoms with Gasteiger partial charge in [0, 0.05) is 11.1 Å². The number of halogens is 1. The Labute approximate surface area is 169 Å². The number of aromatic nitrogens is 5. The number of benzene rings is 1. The summed E-state index contributed by atoms with van der Waals surface area (Å²) in [4.78, 5) is 12.8. The van der Waals surface area contributed by atoms with E-state index in [1.807, 2.05) is 49.4 Å². The van der Waals surface area contributed by atoms with Crippen molar-refractivity contribution in [1.82, 2.24) is 24.3 Å². The monoisotopic (exact) mass is 406 g/mol. The molecule has 1 aromatic carbocycles. The normalized spacial score (nSPS) is 12.8. The molecule has 4 rings (SSSR count). The molecule has 1 unspecified atom stereocenters. The third-order valence-corrected chi connectivity index (χ3v) is 4.68. The van der Waals surface area contributed by atoms with Gasteiger partial charge < -0.3 is 10.9 Å². The van der Waals surface area contributed by atoms with E-state index in [2.05, 4.69) is 20.1 Å². The van der Waals surface area contributed by atoms with Crippen LogP contribution in [0.4, 0.5) is 5.82 Å². The minimum absolute atomic E-state index is 0.0130. The Kier molecular flexibility index (Phi) is 4.62. The Balaban J connectivity index is 1.94. The minimum Gasteiger partial charge on any atom is -0.425 e. The number of nitrogen functional groups attached to an aromatic ring is 1. The lowest BCUT2D eigenvalue weighted by atomic mass is 10.0. The fraction of sp³-hybridized carbons (Fsp3) is 0.105. The van der Waals surface area contributed by atoms with Crippen LogP contribution in [0, 0.1) is 11.3 Å². The van der Waals surface area contributed by atoms with E-state index >= 15 is 0 Å². The number of rotatable bonds is 3. The zero-order valence-electron chi connectivity index (χ0n) is 15.2. The van der Waals surface area contributed by atoms with Gasteiger partial charge in [0.1, 0.15) is 18.0 Å². The summed E-state index contributed by atoms with van der Waals surface area (Å²) in [7, 11) is 0. The molecule has 0 saturated carbocycles. The summed E-state index contributed by atoms with van der Waals surface area (Å²) in [5, 5.41) is 24.1. The number of imidazole rings is 1. The van der Waals surface area contributed by atoms with E-state index < -0.39 is 6.04 Å². The maximum Gasteiger partial charge on any atom is 0.171 e. The molecule has 3 N–H and O–H groups in total. The Bertz CT molecular complexity index is 1320. The number of nitriles is 1. The first-order valence-electron chi connectivity index (χ1n) is 8.59. The maximum absolute atomic E-state index is 9.62. The fourth-order valence-electron chi connectivity index (χ4n) is 2.96. The number of fused-ring (bicyclic) bond motifs is 1. The minimum atomic E-state index is -0.438. The van der Waals surface area contributed by atoms with E-state index in [0.29, 0.717) is 21.2 Å². The van der Waals surface area contributed by atoms with Crippen molar-refractivity contribution in [3.05, 3.63) is 70.7 Å². The first kappa shape index (κ1) is 18.5. The van der Waals surface area contributed by atoms with Gasteiger partial charge in [-0.05, 0) is 13.0 Å². The summed E-state index contributed by atoms with van der Waals surface area (Å²) >= 11 is 6.19. The molecule has 144 valence electrons. The van der Waals surface area contributed by atoms with Crippen molar-refractivity contribution in [2.75, 3.05) is 5.73 Å². The second-order valence-corrected chi connectivity index (χ2v) is 6.64. The average molecular weight is 407 g/mol. The van der Waals surface area contributed by atoms with Crippen LogP contribution in [0.5, 0.6) is 0 Å². The van der Waals surface area contributed by atoms with Crippen LogP contribution in [0.3, 0.4) is 0 Å². The Morgan fingerprint density at radius 2 is 2.03 bits per heavy atom. The molecule has 0 aliphatic heterocycles. The van der Waals surface area contributed by atoms with Crippen molar-refractivity contribution in [2.24, 2.45) is 4.99 Å². The van der Waals surface area contributed by atoms with Gasteiger partial charge in [0.15, 0.2) is 22.1 Å². The molecule has 0 bridgehead atoms.